The SMILES string of the molecule is CC.CC(C)(C)OC(=O)N1CC2CC2C1.CC1(C)CCN(c2cc(C(C)(C)NC(=O)OC(C)(C)C)cc(=O)[nH]2)CC1. The Morgan fingerprint density at radius 3 is 1.90 bits per heavy atom. The molecular weight excluding hydrogens is 520 g/mol. The van der Waals surface area contributed by atoms with Gasteiger partial charge in [0.25, 0.3) is 0 Å². The second-order valence-electron chi connectivity index (χ2n) is 14.7. The van der Waals surface area contributed by atoms with Crippen molar-refractivity contribution in [2.24, 2.45) is 17.3 Å². The van der Waals surface area contributed by atoms with Crippen molar-refractivity contribution in [3.63, 3.8) is 0 Å². The number of likely N-dealkylation sites (tertiary alicyclic amines) is 1. The molecule has 1 aromatic heterocycles. The third-order valence-electron chi connectivity index (χ3n) is 7.45. The van der Waals surface area contributed by atoms with Gasteiger partial charge in [-0.3, -0.25) is 4.79 Å². The van der Waals surface area contributed by atoms with Gasteiger partial charge in [0.15, 0.2) is 0 Å². The molecule has 0 spiro atoms. The lowest BCUT2D eigenvalue weighted by atomic mass is 9.82. The van der Waals surface area contributed by atoms with E-state index < -0.39 is 17.2 Å². The van der Waals surface area contributed by atoms with E-state index in [-0.39, 0.29) is 17.3 Å². The first-order chi connectivity index (χ1) is 18.7. The first kappa shape index (κ1) is 34.5. The molecule has 3 aliphatic rings. The van der Waals surface area contributed by atoms with E-state index in [1.165, 1.54) is 12.5 Å². The van der Waals surface area contributed by atoms with Crippen LogP contribution in [0.3, 0.4) is 0 Å². The lowest BCUT2D eigenvalue weighted by Gasteiger charge is -2.38. The van der Waals surface area contributed by atoms with Crippen molar-refractivity contribution < 1.29 is 19.1 Å². The van der Waals surface area contributed by atoms with Gasteiger partial charge in [0, 0.05) is 32.2 Å². The van der Waals surface area contributed by atoms with Gasteiger partial charge in [-0.25, -0.2) is 9.59 Å². The van der Waals surface area contributed by atoms with E-state index in [0.29, 0.717) is 5.41 Å². The van der Waals surface area contributed by atoms with Gasteiger partial charge < -0.3 is 29.6 Å². The van der Waals surface area contributed by atoms with Crippen LogP contribution < -0.4 is 15.8 Å². The van der Waals surface area contributed by atoms with Crippen LogP contribution in [0, 0.1) is 17.3 Å². The molecule has 9 heteroatoms. The summed E-state index contributed by atoms with van der Waals surface area (Å²) >= 11 is 0. The lowest BCUT2D eigenvalue weighted by Crippen LogP contribution is -2.44. The molecular formula is C32H56N4O5. The summed E-state index contributed by atoms with van der Waals surface area (Å²) in [5.74, 6) is 2.38. The third kappa shape index (κ3) is 11.2. The number of rotatable bonds is 3. The Balaban J connectivity index is 0.000000326. The molecule has 0 radical (unpaired) electrons. The maximum Gasteiger partial charge on any atom is 0.410 e. The number of carbonyl (C=O) groups excluding carboxylic acids is 2. The molecule has 2 atom stereocenters. The van der Waals surface area contributed by atoms with E-state index in [0.717, 1.165) is 62.2 Å². The maximum absolute atomic E-state index is 12.2. The molecule has 2 amide bonds. The minimum absolute atomic E-state index is 0.139. The number of amides is 2. The van der Waals surface area contributed by atoms with Gasteiger partial charge in [-0.1, -0.05) is 27.7 Å². The van der Waals surface area contributed by atoms with Crippen LogP contribution in [0.5, 0.6) is 0 Å². The van der Waals surface area contributed by atoms with Crippen LogP contribution in [0.25, 0.3) is 0 Å². The average molecular weight is 577 g/mol. The summed E-state index contributed by atoms with van der Waals surface area (Å²) in [7, 11) is 0. The Hall–Kier alpha value is -2.71. The van der Waals surface area contributed by atoms with Crippen LogP contribution in [0.15, 0.2) is 16.9 Å². The number of carbonyl (C=O) groups is 2. The highest BCUT2D eigenvalue weighted by Crippen LogP contribution is 2.45. The number of nitrogens with zero attached hydrogens (tertiary/aromatic N) is 2. The molecule has 1 saturated carbocycles. The quantitative estimate of drug-likeness (QED) is 0.417. The van der Waals surface area contributed by atoms with Crippen LogP contribution >= 0.6 is 0 Å². The molecule has 0 aromatic carbocycles. The van der Waals surface area contributed by atoms with Crippen LogP contribution in [-0.2, 0) is 15.0 Å². The maximum atomic E-state index is 12.2. The summed E-state index contributed by atoms with van der Waals surface area (Å²) in [6.07, 6.45) is 2.85. The molecule has 3 fully saturated rings. The highest BCUT2D eigenvalue weighted by atomic mass is 16.6. The van der Waals surface area contributed by atoms with E-state index in [4.69, 9.17) is 9.47 Å². The smallest absolute Gasteiger partial charge is 0.410 e. The number of H-pyrrole nitrogens is 1. The number of hydrogen-bond acceptors (Lipinski definition) is 6. The van der Waals surface area contributed by atoms with Gasteiger partial charge in [0.1, 0.15) is 17.0 Å². The predicted molar refractivity (Wildman–Crippen MR) is 165 cm³/mol. The van der Waals surface area contributed by atoms with Crippen molar-refractivity contribution in [2.45, 2.75) is 119 Å². The van der Waals surface area contributed by atoms with Crippen LogP contribution in [-0.4, -0.2) is 59.5 Å². The lowest BCUT2D eigenvalue weighted by molar-refractivity contribution is 0.0273. The Morgan fingerprint density at radius 1 is 0.902 bits per heavy atom. The standard InChI is InChI=1S/C20H33N3O3.C10H17NO2.C2H6/c1-18(2,3)26-17(25)22-20(6,7)14-12-15(21-16(24)13-14)23-10-8-19(4,5)9-11-23;1-10(2,3)13-9(12)11-5-7-4-8(7)6-11;1-2/h12-13H,8-11H2,1-7H3,(H,21,24)(H,22,25);7-8H,4-6H2,1-3H3;1-2H3. The summed E-state index contributed by atoms with van der Waals surface area (Å²) in [6.45, 7) is 27.1. The summed E-state index contributed by atoms with van der Waals surface area (Å²) in [6, 6.07) is 3.49. The monoisotopic (exact) mass is 576 g/mol. The van der Waals surface area contributed by atoms with Gasteiger partial charge >= 0.3 is 12.2 Å². The van der Waals surface area contributed by atoms with Gasteiger partial charge in [0.05, 0.1) is 5.54 Å². The molecule has 41 heavy (non-hydrogen) atoms. The Labute approximate surface area is 247 Å². The number of anilines is 1. The van der Waals surface area contributed by atoms with E-state index in [1.807, 2.05) is 80.2 Å². The fraction of sp³-hybridized carbons (Fsp3) is 0.781. The van der Waals surface area contributed by atoms with Gasteiger partial charge in [-0.05, 0) is 104 Å². The second-order valence-corrected chi connectivity index (χ2v) is 14.7. The molecule has 0 bridgehead atoms. The van der Waals surface area contributed by atoms with Crippen molar-refractivity contribution in [2.75, 3.05) is 31.1 Å². The second kappa shape index (κ2) is 13.1. The number of ether oxygens (including phenoxy) is 2. The molecule has 1 aromatic rings. The van der Waals surface area contributed by atoms with Crippen molar-refractivity contribution in [3.8, 4) is 0 Å². The highest BCUT2D eigenvalue weighted by molar-refractivity contribution is 5.69. The van der Waals surface area contributed by atoms with Gasteiger partial charge in [0.2, 0.25) is 5.56 Å². The van der Waals surface area contributed by atoms with E-state index in [1.54, 1.807) is 0 Å². The average Bonchev–Trinajstić information content (AvgIpc) is 3.42. The minimum atomic E-state index is -0.722. The number of pyridine rings is 1. The van der Waals surface area contributed by atoms with Gasteiger partial charge in [-0.15, -0.1) is 0 Å². The molecule has 1 aliphatic carbocycles. The summed E-state index contributed by atoms with van der Waals surface area (Å²) in [4.78, 5) is 42.9. The zero-order valence-corrected chi connectivity index (χ0v) is 27.7. The first-order valence-corrected chi connectivity index (χ1v) is 15.2. The Kier molecular flexibility index (Phi) is 11.0. The minimum Gasteiger partial charge on any atom is -0.444 e. The molecule has 3 heterocycles. The predicted octanol–water partition coefficient (Wildman–Crippen LogP) is 6.66. The summed E-state index contributed by atoms with van der Waals surface area (Å²) in [5, 5.41) is 2.87. The van der Waals surface area contributed by atoms with Crippen molar-refractivity contribution in [1.82, 2.24) is 15.2 Å². The van der Waals surface area contributed by atoms with Crippen LogP contribution in [0.4, 0.5) is 15.4 Å². The number of fused-ring (bicyclic) bond motifs is 1. The fourth-order valence-corrected chi connectivity index (χ4v) is 4.92. The molecule has 2 saturated heterocycles. The van der Waals surface area contributed by atoms with Crippen molar-refractivity contribution in [1.29, 1.82) is 0 Å². The van der Waals surface area contributed by atoms with E-state index >= 15 is 0 Å². The van der Waals surface area contributed by atoms with Crippen molar-refractivity contribution >= 4 is 18.0 Å². The van der Waals surface area contributed by atoms with Gasteiger partial charge in [-0.2, -0.15) is 0 Å². The molecule has 2 unspecified atom stereocenters. The van der Waals surface area contributed by atoms with E-state index in [9.17, 15) is 14.4 Å². The van der Waals surface area contributed by atoms with Crippen LogP contribution in [0.1, 0.15) is 108 Å². The van der Waals surface area contributed by atoms with E-state index in [2.05, 4.69) is 29.0 Å². The molecule has 4 rings (SSSR count). The number of piperidine rings is 2. The number of alkyl carbamates (subject to hydrolysis) is 1. The Morgan fingerprint density at radius 2 is 1.41 bits per heavy atom. The topological polar surface area (TPSA) is 104 Å². The molecule has 9 nitrogen and oxygen atoms in total. The number of aromatic amines is 1. The van der Waals surface area contributed by atoms with Crippen molar-refractivity contribution in [3.05, 3.63) is 28.0 Å². The summed E-state index contributed by atoms with van der Waals surface area (Å²) < 4.78 is 10.6. The number of aromatic nitrogens is 1. The third-order valence-corrected chi connectivity index (χ3v) is 7.45. The molecule has 234 valence electrons. The van der Waals surface area contributed by atoms with Crippen LogP contribution in [0.2, 0.25) is 0 Å². The molecule has 2 N–H and O–H groups in total. The number of hydrogen-bond donors (Lipinski definition) is 2. The number of nitrogens with one attached hydrogen (secondary N) is 2. The normalized spacial score (nSPS) is 21.4. The highest BCUT2D eigenvalue weighted by Gasteiger charge is 2.47. The molecule has 2 aliphatic heterocycles. The summed E-state index contributed by atoms with van der Waals surface area (Å²) in [5.41, 5.74) is -0.718. The largest absolute Gasteiger partial charge is 0.444 e. The zero-order chi connectivity index (χ0) is 31.4. The Bertz CT molecular complexity index is 1080. The zero-order valence-electron chi connectivity index (χ0n) is 27.7. The fourth-order valence-electron chi connectivity index (χ4n) is 4.92. The first-order valence-electron chi connectivity index (χ1n) is 15.2.